The number of benzene rings is 1. The van der Waals surface area contributed by atoms with Crippen LogP contribution in [0.25, 0.3) is 0 Å². The number of amidine groups is 1. The van der Waals surface area contributed by atoms with E-state index in [1.54, 1.807) is 0 Å². The Labute approximate surface area is 93.5 Å². The molecule has 0 bridgehead atoms. The first kappa shape index (κ1) is 9.19. The van der Waals surface area contributed by atoms with Crippen molar-refractivity contribution in [3.8, 4) is 0 Å². The molecule has 1 saturated heterocycles. The molecule has 2 aliphatic rings. The van der Waals surface area contributed by atoms with Gasteiger partial charge in [0.15, 0.2) is 0 Å². The molecule has 2 atom stereocenters. The highest BCUT2D eigenvalue weighted by Gasteiger charge is 2.32. The molecule has 2 N–H and O–H groups in total. The summed E-state index contributed by atoms with van der Waals surface area (Å²) in [5, 5.41) is 7.49. The van der Waals surface area contributed by atoms with E-state index < -0.39 is 0 Å². The molecule has 15 heavy (non-hydrogen) atoms. The normalized spacial score (nSPS) is 28.5. The molecule has 0 saturated carbocycles. The van der Waals surface area contributed by atoms with Gasteiger partial charge in [0.1, 0.15) is 5.84 Å². The molecule has 0 radical (unpaired) electrons. The standard InChI is InChI=1S/C11H12ClN3/c12-8-3-1-2-7(4-8)11-14-9-5-13-6-10(9)15-11/h1-4,9-10,13H,5-6H2,(H,14,15). The molecule has 78 valence electrons. The maximum absolute atomic E-state index is 5.95. The van der Waals surface area contributed by atoms with Crippen molar-refractivity contribution in [1.29, 1.82) is 0 Å². The number of aliphatic imine (C=N–C) groups is 1. The van der Waals surface area contributed by atoms with E-state index in [9.17, 15) is 0 Å². The van der Waals surface area contributed by atoms with Crippen molar-refractivity contribution in [2.24, 2.45) is 4.99 Å². The molecule has 3 rings (SSSR count). The zero-order chi connectivity index (χ0) is 10.3. The zero-order valence-electron chi connectivity index (χ0n) is 8.20. The van der Waals surface area contributed by atoms with Gasteiger partial charge in [0.2, 0.25) is 0 Å². The van der Waals surface area contributed by atoms with E-state index >= 15 is 0 Å². The van der Waals surface area contributed by atoms with Gasteiger partial charge in [-0.1, -0.05) is 23.7 Å². The highest BCUT2D eigenvalue weighted by atomic mass is 35.5. The second-order valence-corrected chi connectivity index (χ2v) is 4.40. The van der Waals surface area contributed by atoms with Crippen molar-refractivity contribution >= 4 is 17.4 Å². The van der Waals surface area contributed by atoms with E-state index in [0.29, 0.717) is 12.1 Å². The lowest BCUT2D eigenvalue weighted by Crippen LogP contribution is -2.35. The summed E-state index contributed by atoms with van der Waals surface area (Å²) in [5.74, 6) is 0.981. The van der Waals surface area contributed by atoms with E-state index in [2.05, 4.69) is 15.6 Å². The Hall–Kier alpha value is -1.06. The molecule has 4 heteroatoms. The third kappa shape index (κ3) is 1.62. The number of halogens is 1. The Kier molecular flexibility index (Phi) is 2.15. The van der Waals surface area contributed by atoms with Crippen molar-refractivity contribution in [1.82, 2.24) is 10.6 Å². The minimum absolute atomic E-state index is 0.388. The average Bonchev–Trinajstić information content (AvgIpc) is 2.76. The number of rotatable bonds is 1. The highest BCUT2D eigenvalue weighted by molar-refractivity contribution is 6.31. The van der Waals surface area contributed by atoms with Gasteiger partial charge in [-0.3, -0.25) is 4.99 Å². The summed E-state index contributed by atoms with van der Waals surface area (Å²) >= 11 is 5.95. The Morgan fingerprint density at radius 1 is 1.33 bits per heavy atom. The maximum atomic E-state index is 5.95. The van der Waals surface area contributed by atoms with Crippen LogP contribution in [0.1, 0.15) is 5.56 Å². The van der Waals surface area contributed by atoms with Crippen molar-refractivity contribution in [3.63, 3.8) is 0 Å². The molecule has 2 heterocycles. The van der Waals surface area contributed by atoms with Gasteiger partial charge in [-0.25, -0.2) is 0 Å². The van der Waals surface area contributed by atoms with Crippen LogP contribution in [0.15, 0.2) is 29.3 Å². The summed E-state index contributed by atoms with van der Waals surface area (Å²) in [6, 6.07) is 8.66. The van der Waals surface area contributed by atoms with E-state index in [1.807, 2.05) is 24.3 Å². The summed E-state index contributed by atoms with van der Waals surface area (Å²) in [6.07, 6.45) is 0. The molecule has 0 spiro atoms. The summed E-state index contributed by atoms with van der Waals surface area (Å²) in [7, 11) is 0. The average molecular weight is 222 g/mol. The fourth-order valence-electron chi connectivity index (χ4n) is 2.12. The minimum Gasteiger partial charge on any atom is -0.364 e. The second-order valence-electron chi connectivity index (χ2n) is 3.96. The number of hydrogen-bond donors (Lipinski definition) is 2. The fraction of sp³-hybridized carbons (Fsp3) is 0.364. The Balaban J connectivity index is 1.90. The van der Waals surface area contributed by atoms with E-state index in [1.165, 1.54) is 0 Å². The van der Waals surface area contributed by atoms with Crippen LogP contribution in [0, 0.1) is 0 Å². The molecule has 0 amide bonds. The van der Waals surface area contributed by atoms with Crippen molar-refractivity contribution in [2.45, 2.75) is 12.1 Å². The summed E-state index contributed by atoms with van der Waals surface area (Å²) < 4.78 is 0. The Morgan fingerprint density at radius 3 is 3.07 bits per heavy atom. The molecule has 3 nitrogen and oxygen atoms in total. The van der Waals surface area contributed by atoms with Crippen LogP contribution in [0.5, 0.6) is 0 Å². The fourth-order valence-corrected chi connectivity index (χ4v) is 2.31. The first-order chi connectivity index (χ1) is 7.33. The number of hydrogen-bond acceptors (Lipinski definition) is 3. The van der Waals surface area contributed by atoms with Crippen LogP contribution in [0.4, 0.5) is 0 Å². The molecule has 1 aromatic carbocycles. The van der Waals surface area contributed by atoms with Crippen LogP contribution in [0.2, 0.25) is 5.02 Å². The smallest absolute Gasteiger partial charge is 0.129 e. The summed E-state index contributed by atoms with van der Waals surface area (Å²) in [5.41, 5.74) is 1.08. The van der Waals surface area contributed by atoms with Crippen LogP contribution >= 0.6 is 11.6 Å². The highest BCUT2D eigenvalue weighted by Crippen LogP contribution is 2.17. The number of fused-ring (bicyclic) bond motifs is 1. The van der Waals surface area contributed by atoms with Crippen molar-refractivity contribution in [2.75, 3.05) is 13.1 Å². The molecule has 0 aromatic heterocycles. The van der Waals surface area contributed by atoms with Crippen molar-refractivity contribution < 1.29 is 0 Å². The topological polar surface area (TPSA) is 36.4 Å². The van der Waals surface area contributed by atoms with Gasteiger partial charge in [-0.15, -0.1) is 0 Å². The molecule has 1 aromatic rings. The first-order valence-corrected chi connectivity index (χ1v) is 5.52. The van der Waals surface area contributed by atoms with Gasteiger partial charge in [0, 0.05) is 23.7 Å². The number of nitrogens with one attached hydrogen (secondary N) is 2. The Bertz CT molecular complexity index is 416. The third-order valence-electron chi connectivity index (χ3n) is 2.90. The van der Waals surface area contributed by atoms with Gasteiger partial charge in [0.25, 0.3) is 0 Å². The van der Waals surface area contributed by atoms with Crippen LogP contribution < -0.4 is 10.6 Å². The van der Waals surface area contributed by atoms with Gasteiger partial charge in [-0.05, 0) is 12.1 Å². The molecule has 2 unspecified atom stereocenters. The molecule has 2 aliphatic heterocycles. The summed E-state index contributed by atoms with van der Waals surface area (Å²) in [6.45, 7) is 1.97. The quantitative estimate of drug-likeness (QED) is 0.743. The van der Waals surface area contributed by atoms with Crippen LogP contribution in [-0.2, 0) is 0 Å². The summed E-state index contributed by atoms with van der Waals surface area (Å²) in [4.78, 5) is 4.65. The molecular weight excluding hydrogens is 210 g/mol. The van der Waals surface area contributed by atoms with Gasteiger partial charge in [-0.2, -0.15) is 0 Å². The van der Waals surface area contributed by atoms with E-state index in [4.69, 9.17) is 11.6 Å². The van der Waals surface area contributed by atoms with Crippen molar-refractivity contribution in [3.05, 3.63) is 34.9 Å². The lowest BCUT2D eigenvalue weighted by molar-refractivity contribution is 0.637. The Morgan fingerprint density at radius 2 is 2.27 bits per heavy atom. The monoisotopic (exact) mass is 221 g/mol. The number of nitrogens with zero attached hydrogens (tertiary/aromatic N) is 1. The van der Waals surface area contributed by atoms with E-state index in [-0.39, 0.29) is 0 Å². The minimum atomic E-state index is 0.388. The largest absolute Gasteiger partial charge is 0.364 e. The molecule has 1 fully saturated rings. The predicted octanol–water partition coefficient (Wildman–Crippen LogP) is 1.03. The van der Waals surface area contributed by atoms with Crippen LogP contribution in [0.3, 0.4) is 0 Å². The lowest BCUT2D eigenvalue weighted by atomic mass is 10.2. The van der Waals surface area contributed by atoms with Gasteiger partial charge in [0.05, 0.1) is 12.1 Å². The third-order valence-corrected chi connectivity index (χ3v) is 3.13. The lowest BCUT2D eigenvalue weighted by Gasteiger charge is -2.08. The van der Waals surface area contributed by atoms with Gasteiger partial charge >= 0.3 is 0 Å². The predicted molar refractivity (Wildman–Crippen MR) is 61.6 cm³/mol. The zero-order valence-corrected chi connectivity index (χ0v) is 8.96. The maximum Gasteiger partial charge on any atom is 0.129 e. The first-order valence-electron chi connectivity index (χ1n) is 5.14. The SMILES string of the molecule is Clc1cccc(C2=NC3CNCC3N2)c1. The van der Waals surface area contributed by atoms with Gasteiger partial charge < -0.3 is 10.6 Å². The molecular formula is C11H12ClN3. The second kappa shape index (κ2) is 3.51. The van der Waals surface area contributed by atoms with Crippen LogP contribution in [-0.4, -0.2) is 31.0 Å². The van der Waals surface area contributed by atoms with E-state index in [0.717, 1.165) is 29.5 Å². The molecule has 0 aliphatic carbocycles.